The Morgan fingerprint density at radius 3 is 2.31 bits per heavy atom. The Balaban J connectivity index is 3.26. The molecular formula is C9H10Cl2O4S. The molecule has 0 fully saturated rings. The number of benzene rings is 1. The maximum atomic E-state index is 11.0. The van der Waals surface area contributed by atoms with Crippen LogP contribution in [0.25, 0.3) is 0 Å². The zero-order valence-corrected chi connectivity index (χ0v) is 11.0. The topological polar surface area (TPSA) is 52.6 Å². The SMILES string of the molecule is COc1ccc(CS(=O)(=O)Cl)c(OC)c1Cl. The van der Waals surface area contributed by atoms with Crippen LogP contribution in [0, 0.1) is 0 Å². The molecule has 0 aliphatic rings. The van der Waals surface area contributed by atoms with Crippen LogP contribution in [-0.2, 0) is 14.8 Å². The predicted octanol–water partition coefficient (Wildman–Crippen LogP) is 2.43. The molecule has 90 valence electrons. The lowest BCUT2D eigenvalue weighted by Gasteiger charge is -2.11. The van der Waals surface area contributed by atoms with Crippen LogP contribution in [0.3, 0.4) is 0 Å². The van der Waals surface area contributed by atoms with Crippen molar-refractivity contribution < 1.29 is 17.9 Å². The fraction of sp³-hybridized carbons (Fsp3) is 0.333. The molecule has 0 amide bonds. The number of rotatable bonds is 4. The Morgan fingerprint density at radius 2 is 1.88 bits per heavy atom. The highest BCUT2D eigenvalue weighted by Crippen LogP contribution is 2.37. The van der Waals surface area contributed by atoms with Gasteiger partial charge in [0.15, 0.2) is 0 Å². The van der Waals surface area contributed by atoms with Crippen molar-refractivity contribution in [2.75, 3.05) is 14.2 Å². The Kier molecular flexibility index (Phi) is 4.29. The minimum atomic E-state index is -3.65. The number of halogens is 2. The maximum absolute atomic E-state index is 11.0. The smallest absolute Gasteiger partial charge is 0.236 e. The lowest BCUT2D eigenvalue weighted by molar-refractivity contribution is 0.392. The summed E-state index contributed by atoms with van der Waals surface area (Å²) < 4.78 is 31.9. The first-order valence-corrected chi connectivity index (χ1v) is 7.06. The number of ether oxygens (including phenoxy) is 2. The molecule has 0 radical (unpaired) electrons. The average Bonchev–Trinajstić information content (AvgIpc) is 2.16. The molecule has 0 bridgehead atoms. The summed E-state index contributed by atoms with van der Waals surface area (Å²) in [5.74, 6) is 0.320. The molecule has 1 aromatic rings. The highest BCUT2D eigenvalue weighted by atomic mass is 35.7. The highest BCUT2D eigenvalue weighted by molar-refractivity contribution is 8.13. The van der Waals surface area contributed by atoms with E-state index in [1.807, 2.05) is 0 Å². The van der Waals surface area contributed by atoms with Gasteiger partial charge in [0.2, 0.25) is 9.05 Å². The van der Waals surface area contributed by atoms with Gasteiger partial charge in [-0.25, -0.2) is 8.42 Å². The number of hydrogen-bond donors (Lipinski definition) is 0. The molecule has 0 atom stereocenters. The van der Waals surface area contributed by atoms with Crippen molar-refractivity contribution in [3.8, 4) is 11.5 Å². The van der Waals surface area contributed by atoms with Crippen LogP contribution in [-0.4, -0.2) is 22.6 Å². The third-order valence-electron chi connectivity index (χ3n) is 1.90. The first-order valence-electron chi connectivity index (χ1n) is 4.20. The average molecular weight is 285 g/mol. The fourth-order valence-corrected chi connectivity index (χ4v) is 2.55. The first kappa shape index (κ1) is 13.4. The second-order valence-electron chi connectivity index (χ2n) is 2.96. The Bertz CT molecular complexity index is 485. The van der Waals surface area contributed by atoms with E-state index in [-0.39, 0.29) is 16.5 Å². The molecule has 0 aliphatic heterocycles. The summed E-state index contributed by atoms with van der Waals surface area (Å²) in [6.07, 6.45) is 0. The van der Waals surface area contributed by atoms with E-state index in [1.54, 1.807) is 12.1 Å². The zero-order valence-electron chi connectivity index (χ0n) is 8.66. The lowest BCUT2D eigenvalue weighted by atomic mass is 10.2. The van der Waals surface area contributed by atoms with E-state index in [9.17, 15) is 8.42 Å². The molecule has 0 heterocycles. The van der Waals surface area contributed by atoms with Crippen LogP contribution in [0.1, 0.15) is 5.56 Å². The van der Waals surface area contributed by atoms with E-state index in [2.05, 4.69) is 0 Å². The Labute approximate surface area is 103 Å². The van der Waals surface area contributed by atoms with Gasteiger partial charge in [-0.1, -0.05) is 17.7 Å². The predicted molar refractivity (Wildman–Crippen MR) is 63.0 cm³/mol. The van der Waals surface area contributed by atoms with E-state index in [4.69, 9.17) is 31.8 Å². The Hall–Kier alpha value is -0.650. The molecular weight excluding hydrogens is 275 g/mol. The van der Waals surface area contributed by atoms with E-state index in [0.29, 0.717) is 11.3 Å². The summed E-state index contributed by atoms with van der Waals surface area (Å²) in [6.45, 7) is 0. The van der Waals surface area contributed by atoms with Gasteiger partial charge in [0.1, 0.15) is 16.5 Å². The summed E-state index contributed by atoms with van der Waals surface area (Å²) >= 11 is 5.96. The molecule has 0 saturated heterocycles. The minimum Gasteiger partial charge on any atom is -0.495 e. The van der Waals surface area contributed by atoms with E-state index in [1.165, 1.54) is 14.2 Å². The first-order chi connectivity index (χ1) is 7.39. The zero-order chi connectivity index (χ0) is 12.3. The van der Waals surface area contributed by atoms with Crippen molar-refractivity contribution in [1.82, 2.24) is 0 Å². The molecule has 0 aliphatic carbocycles. The van der Waals surface area contributed by atoms with Crippen LogP contribution >= 0.6 is 22.3 Å². The molecule has 1 aromatic carbocycles. The molecule has 0 N–H and O–H groups in total. The summed E-state index contributed by atoms with van der Waals surface area (Å²) in [5, 5.41) is 0.225. The van der Waals surface area contributed by atoms with Gasteiger partial charge in [-0.05, 0) is 6.07 Å². The van der Waals surface area contributed by atoms with Crippen molar-refractivity contribution in [3.63, 3.8) is 0 Å². The van der Waals surface area contributed by atoms with Crippen LogP contribution < -0.4 is 9.47 Å². The van der Waals surface area contributed by atoms with Crippen LogP contribution in [0.5, 0.6) is 11.5 Å². The summed E-state index contributed by atoms with van der Waals surface area (Å²) in [7, 11) is 4.36. The van der Waals surface area contributed by atoms with E-state index < -0.39 is 9.05 Å². The lowest BCUT2D eigenvalue weighted by Crippen LogP contribution is -2.00. The largest absolute Gasteiger partial charge is 0.495 e. The van der Waals surface area contributed by atoms with Gasteiger partial charge in [0, 0.05) is 16.2 Å². The molecule has 7 heteroatoms. The van der Waals surface area contributed by atoms with Crippen molar-refractivity contribution in [2.45, 2.75) is 5.75 Å². The quantitative estimate of drug-likeness (QED) is 0.797. The maximum Gasteiger partial charge on any atom is 0.236 e. The second-order valence-corrected chi connectivity index (χ2v) is 6.11. The molecule has 0 unspecified atom stereocenters. The molecule has 4 nitrogen and oxygen atoms in total. The molecule has 1 rings (SSSR count). The van der Waals surface area contributed by atoms with Crippen LogP contribution in [0.4, 0.5) is 0 Å². The standard InChI is InChI=1S/C9H10Cl2O4S/c1-14-7-4-3-6(5-16(11,12)13)9(15-2)8(7)10/h3-4H,5H2,1-2H3. The normalized spacial score (nSPS) is 11.2. The summed E-state index contributed by atoms with van der Waals surface area (Å²) in [6, 6.07) is 3.10. The monoisotopic (exact) mass is 284 g/mol. The Morgan fingerprint density at radius 1 is 1.25 bits per heavy atom. The number of hydrogen-bond acceptors (Lipinski definition) is 4. The van der Waals surface area contributed by atoms with Gasteiger partial charge >= 0.3 is 0 Å². The van der Waals surface area contributed by atoms with Gasteiger partial charge < -0.3 is 9.47 Å². The minimum absolute atomic E-state index is 0.225. The summed E-state index contributed by atoms with van der Waals surface area (Å²) in [4.78, 5) is 0. The number of methoxy groups -OCH3 is 2. The molecule has 0 spiro atoms. The van der Waals surface area contributed by atoms with Crippen LogP contribution in [0.2, 0.25) is 5.02 Å². The van der Waals surface area contributed by atoms with Gasteiger partial charge in [0.25, 0.3) is 0 Å². The molecule has 16 heavy (non-hydrogen) atoms. The van der Waals surface area contributed by atoms with Gasteiger partial charge in [-0.15, -0.1) is 0 Å². The summed E-state index contributed by atoms with van der Waals surface area (Å²) in [5.41, 5.74) is 0.392. The van der Waals surface area contributed by atoms with E-state index in [0.717, 1.165) is 0 Å². The van der Waals surface area contributed by atoms with Crippen molar-refractivity contribution in [1.29, 1.82) is 0 Å². The third-order valence-corrected chi connectivity index (χ3v) is 3.24. The molecule has 0 saturated carbocycles. The third kappa shape index (κ3) is 3.17. The van der Waals surface area contributed by atoms with Gasteiger partial charge in [0.05, 0.1) is 20.0 Å². The van der Waals surface area contributed by atoms with Crippen molar-refractivity contribution in [3.05, 3.63) is 22.7 Å². The van der Waals surface area contributed by atoms with Gasteiger partial charge in [-0.2, -0.15) is 0 Å². The molecule has 0 aromatic heterocycles. The second kappa shape index (κ2) is 5.12. The van der Waals surface area contributed by atoms with Crippen molar-refractivity contribution in [2.24, 2.45) is 0 Å². The van der Waals surface area contributed by atoms with Crippen molar-refractivity contribution >= 4 is 31.3 Å². The highest BCUT2D eigenvalue weighted by Gasteiger charge is 2.17. The van der Waals surface area contributed by atoms with Crippen LogP contribution in [0.15, 0.2) is 12.1 Å². The fourth-order valence-electron chi connectivity index (χ4n) is 1.26. The van der Waals surface area contributed by atoms with E-state index >= 15 is 0 Å². The van der Waals surface area contributed by atoms with Gasteiger partial charge in [-0.3, -0.25) is 0 Å².